The van der Waals surface area contributed by atoms with Crippen molar-refractivity contribution in [1.29, 1.82) is 0 Å². The van der Waals surface area contributed by atoms with E-state index in [1.165, 1.54) is 18.3 Å². The summed E-state index contributed by atoms with van der Waals surface area (Å²) in [5.41, 5.74) is 0. The van der Waals surface area contributed by atoms with Crippen molar-refractivity contribution < 1.29 is 14.3 Å². The maximum Gasteiger partial charge on any atom is 0.397 e. The van der Waals surface area contributed by atoms with Crippen LogP contribution in [0.5, 0.6) is 0 Å². The zero-order valence-electron chi connectivity index (χ0n) is 8.68. The molecule has 5 nitrogen and oxygen atoms in total. The van der Waals surface area contributed by atoms with Gasteiger partial charge in [0.15, 0.2) is 0 Å². The van der Waals surface area contributed by atoms with Crippen molar-refractivity contribution in [3.8, 4) is 0 Å². The van der Waals surface area contributed by atoms with Gasteiger partial charge >= 0.3 is 11.9 Å². The molecule has 0 spiro atoms. The second kappa shape index (κ2) is 7.65. The maximum atomic E-state index is 11.2. The van der Waals surface area contributed by atoms with Crippen LogP contribution in [0.15, 0.2) is 31.0 Å². The number of anilines is 1. The number of carbonyl (C=O) groups excluding carboxylic acids is 2. The van der Waals surface area contributed by atoms with Crippen LogP contribution in [0.3, 0.4) is 0 Å². The molecule has 0 unspecified atom stereocenters. The summed E-state index contributed by atoms with van der Waals surface area (Å²) >= 11 is 5.60. The summed E-state index contributed by atoms with van der Waals surface area (Å²) in [6.45, 7) is 3.34. The first-order valence-corrected chi connectivity index (χ1v) is 4.72. The van der Waals surface area contributed by atoms with Gasteiger partial charge in [-0.05, 0) is 12.1 Å². The first-order chi connectivity index (χ1) is 7.63. The van der Waals surface area contributed by atoms with Gasteiger partial charge in [-0.25, -0.2) is 9.78 Å². The highest BCUT2D eigenvalue weighted by atomic mass is 35.5. The smallest absolute Gasteiger partial charge is 0.397 e. The van der Waals surface area contributed by atoms with Gasteiger partial charge in [0.2, 0.25) is 0 Å². The number of carbonyl (C=O) groups is 2. The topological polar surface area (TPSA) is 68.3 Å². The molecule has 17 heavy (non-hydrogen) atoms. The van der Waals surface area contributed by atoms with Crippen molar-refractivity contribution in [1.82, 2.24) is 4.98 Å². The minimum Gasteiger partial charge on any atom is -0.454 e. The Morgan fingerprint density at radius 2 is 2.24 bits per heavy atom. The van der Waals surface area contributed by atoms with Crippen molar-refractivity contribution in [2.75, 3.05) is 11.9 Å². The van der Waals surface area contributed by atoms with Crippen LogP contribution in [-0.4, -0.2) is 23.5 Å². The Kier molecular flexibility index (Phi) is 6.93. The summed E-state index contributed by atoms with van der Waals surface area (Å²) in [4.78, 5) is 26.0. The molecule has 0 aliphatic rings. The molecule has 1 rings (SSSR count). The number of esters is 1. The molecule has 0 saturated heterocycles. The standard InChI is InChI=1S/C10H9ClN2O3.ClH/c1-2-5-16-10(15)9(14)13-8-4-3-7(11)6-12-8;/h2-4,6H,1,5H2,(H,12,13,14);1H. The Morgan fingerprint density at radius 3 is 2.76 bits per heavy atom. The molecule has 1 amide bonds. The van der Waals surface area contributed by atoms with Crippen molar-refractivity contribution in [3.05, 3.63) is 36.0 Å². The molecule has 7 heteroatoms. The van der Waals surface area contributed by atoms with Crippen molar-refractivity contribution >= 4 is 41.7 Å². The third-order valence-electron chi connectivity index (χ3n) is 1.49. The lowest BCUT2D eigenvalue weighted by Crippen LogP contribution is -2.25. The number of nitrogens with one attached hydrogen (secondary N) is 1. The normalized spacial score (nSPS) is 8.76. The van der Waals surface area contributed by atoms with Gasteiger partial charge in [-0.3, -0.25) is 4.79 Å². The highest BCUT2D eigenvalue weighted by Crippen LogP contribution is 2.09. The first kappa shape index (κ1) is 15.4. The molecule has 0 bridgehead atoms. The highest BCUT2D eigenvalue weighted by Gasteiger charge is 2.15. The number of rotatable bonds is 3. The van der Waals surface area contributed by atoms with E-state index in [2.05, 4.69) is 21.6 Å². The van der Waals surface area contributed by atoms with E-state index in [0.29, 0.717) is 5.02 Å². The van der Waals surface area contributed by atoms with Gasteiger partial charge in [0.05, 0.1) is 5.02 Å². The SMILES string of the molecule is C=CCOC(=O)C(=O)Nc1ccc(Cl)cn1.Cl. The quantitative estimate of drug-likeness (QED) is 0.520. The first-order valence-electron chi connectivity index (χ1n) is 4.34. The van der Waals surface area contributed by atoms with Crippen molar-refractivity contribution in [2.45, 2.75) is 0 Å². The number of pyridine rings is 1. The minimum absolute atomic E-state index is 0. The number of hydrogen-bond donors (Lipinski definition) is 1. The third-order valence-corrected chi connectivity index (χ3v) is 1.71. The van der Waals surface area contributed by atoms with Gasteiger partial charge < -0.3 is 10.1 Å². The second-order valence-corrected chi connectivity index (χ2v) is 3.14. The Labute approximate surface area is 109 Å². The lowest BCUT2D eigenvalue weighted by Gasteiger charge is -2.03. The number of halogens is 2. The van der Waals surface area contributed by atoms with E-state index in [9.17, 15) is 9.59 Å². The molecule has 1 aromatic rings. The Morgan fingerprint density at radius 1 is 1.53 bits per heavy atom. The maximum absolute atomic E-state index is 11.2. The third kappa shape index (κ3) is 5.33. The molecule has 0 atom stereocenters. The van der Waals surface area contributed by atoms with E-state index in [0.717, 1.165) is 0 Å². The van der Waals surface area contributed by atoms with Gasteiger partial charge in [0.1, 0.15) is 12.4 Å². The Bertz CT molecular complexity index is 407. The predicted molar refractivity (Wildman–Crippen MR) is 66.3 cm³/mol. The summed E-state index contributed by atoms with van der Waals surface area (Å²) < 4.78 is 4.53. The van der Waals surface area contributed by atoms with Crippen LogP contribution < -0.4 is 5.32 Å². The van der Waals surface area contributed by atoms with E-state index < -0.39 is 11.9 Å². The molecule has 0 saturated carbocycles. The summed E-state index contributed by atoms with van der Waals surface area (Å²) in [5.74, 6) is -1.65. The van der Waals surface area contributed by atoms with Gasteiger partial charge in [0, 0.05) is 6.20 Å². The van der Waals surface area contributed by atoms with Crippen molar-refractivity contribution in [3.63, 3.8) is 0 Å². The van der Waals surface area contributed by atoms with Crippen LogP contribution in [0.2, 0.25) is 5.02 Å². The molecular formula is C10H10Cl2N2O3. The van der Waals surface area contributed by atoms with Crippen LogP contribution in [0.25, 0.3) is 0 Å². The van der Waals surface area contributed by atoms with E-state index in [1.807, 2.05) is 0 Å². The number of aromatic nitrogens is 1. The lowest BCUT2D eigenvalue weighted by molar-refractivity contribution is -0.151. The molecular weight excluding hydrogens is 267 g/mol. The van der Waals surface area contributed by atoms with E-state index >= 15 is 0 Å². The average molecular weight is 277 g/mol. The molecule has 0 aliphatic carbocycles. The Hall–Kier alpha value is -1.59. The largest absolute Gasteiger partial charge is 0.454 e. The van der Waals surface area contributed by atoms with Gasteiger partial charge in [-0.2, -0.15) is 0 Å². The van der Waals surface area contributed by atoms with Gasteiger partial charge in [-0.15, -0.1) is 12.4 Å². The molecule has 1 aromatic heterocycles. The fraction of sp³-hybridized carbons (Fsp3) is 0.100. The van der Waals surface area contributed by atoms with E-state index in [1.54, 1.807) is 6.07 Å². The molecule has 0 aromatic carbocycles. The predicted octanol–water partition coefficient (Wildman–Crippen LogP) is 1.82. The van der Waals surface area contributed by atoms with Gasteiger partial charge in [-0.1, -0.05) is 24.3 Å². The van der Waals surface area contributed by atoms with Crippen LogP contribution in [-0.2, 0) is 14.3 Å². The fourth-order valence-electron chi connectivity index (χ4n) is 0.817. The molecule has 0 fully saturated rings. The van der Waals surface area contributed by atoms with E-state index in [4.69, 9.17) is 11.6 Å². The molecule has 0 aliphatic heterocycles. The Balaban J connectivity index is 0.00000256. The number of ether oxygens (including phenoxy) is 1. The summed E-state index contributed by atoms with van der Waals surface area (Å²) in [6.07, 6.45) is 2.72. The molecule has 1 heterocycles. The number of nitrogens with zero attached hydrogens (tertiary/aromatic N) is 1. The van der Waals surface area contributed by atoms with Crippen LogP contribution in [0.1, 0.15) is 0 Å². The summed E-state index contributed by atoms with van der Waals surface area (Å²) in [5, 5.41) is 2.70. The van der Waals surface area contributed by atoms with Crippen molar-refractivity contribution in [2.24, 2.45) is 0 Å². The zero-order valence-corrected chi connectivity index (χ0v) is 10.3. The number of hydrogen-bond acceptors (Lipinski definition) is 4. The monoisotopic (exact) mass is 276 g/mol. The van der Waals surface area contributed by atoms with Crippen LogP contribution >= 0.6 is 24.0 Å². The van der Waals surface area contributed by atoms with Crippen LogP contribution in [0, 0.1) is 0 Å². The second-order valence-electron chi connectivity index (χ2n) is 2.70. The molecule has 1 N–H and O–H groups in total. The highest BCUT2D eigenvalue weighted by molar-refractivity contribution is 6.37. The summed E-state index contributed by atoms with van der Waals surface area (Å²) in [6, 6.07) is 3.01. The average Bonchev–Trinajstić information content (AvgIpc) is 2.29. The van der Waals surface area contributed by atoms with E-state index in [-0.39, 0.29) is 24.8 Å². The fourth-order valence-corrected chi connectivity index (χ4v) is 0.929. The number of amides is 1. The van der Waals surface area contributed by atoms with Crippen LogP contribution in [0.4, 0.5) is 5.82 Å². The van der Waals surface area contributed by atoms with Gasteiger partial charge in [0.25, 0.3) is 0 Å². The molecule has 0 radical (unpaired) electrons. The summed E-state index contributed by atoms with van der Waals surface area (Å²) in [7, 11) is 0. The lowest BCUT2D eigenvalue weighted by atomic mass is 10.4. The minimum atomic E-state index is -0.989. The molecule has 92 valence electrons. The zero-order chi connectivity index (χ0) is 12.0.